The van der Waals surface area contributed by atoms with Gasteiger partial charge in [-0.05, 0) is 88.0 Å². The molecule has 0 saturated heterocycles. The third kappa shape index (κ3) is 2.80. The van der Waals surface area contributed by atoms with Crippen LogP contribution in [0.5, 0.6) is 0 Å². The van der Waals surface area contributed by atoms with Crippen molar-refractivity contribution in [2.24, 2.45) is 28.3 Å². The fourth-order valence-corrected chi connectivity index (χ4v) is 6.30. The highest BCUT2D eigenvalue weighted by molar-refractivity contribution is 6.01. The molecule has 1 amide bonds. The zero-order chi connectivity index (χ0) is 16.9. The van der Waals surface area contributed by atoms with Crippen LogP contribution in [0.3, 0.4) is 0 Å². The predicted octanol–water partition coefficient (Wildman–Crippen LogP) is 4.08. The number of amides is 1. The summed E-state index contributed by atoms with van der Waals surface area (Å²) in [7, 11) is 0. The molecule has 2 N–H and O–H groups in total. The number of hydrogen-bond donors (Lipinski definition) is 2. The third-order valence-corrected chi connectivity index (χ3v) is 6.69. The highest BCUT2D eigenvalue weighted by Crippen LogP contribution is 2.61. The molecule has 0 spiro atoms. The molecule has 0 radical (unpaired) electrons. The Hall–Kier alpha value is -1.58. The minimum absolute atomic E-state index is 0.0992. The summed E-state index contributed by atoms with van der Waals surface area (Å²) in [6.45, 7) is 6.07. The molecule has 24 heavy (non-hydrogen) atoms. The molecule has 4 saturated carbocycles. The van der Waals surface area contributed by atoms with Gasteiger partial charge in [0.1, 0.15) is 0 Å². The van der Waals surface area contributed by atoms with Crippen LogP contribution in [0.25, 0.3) is 0 Å². The van der Waals surface area contributed by atoms with E-state index in [-0.39, 0.29) is 11.3 Å². The first-order valence-electron chi connectivity index (χ1n) is 9.42. The van der Waals surface area contributed by atoms with Crippen molar-refractivity contribution in [2.45, 2.75) is 65.7 Å². The first-order chi connectivity index (χ1) is 11.4. The van der Waals surface area contributed by atoms with Gasteiger partial charge in [-0.3, -0.25) is 4.79 Å². The van der Waals surface area contributed by atoms with E-state index in [0.29, 0.717) is 6.42 Å². The first kappa shape index (κ1) is 15.9. The number of rotatable bonds is 4. The maximum atomic E-state index is 12.5. The molecule has 4 nitrogen and oxygen atoms in total. The van der Waals surface area contributed by atoms with Crippen LogP contribution >= 0.6 is 0 Å². The van der Waals surface area contributed by atoms with Crippen LogP contribution in [0, 0.1) is 37.0 Å². The van der Waals surface area contributed by atoms with Gasteiger partial charge in [0, 0.05) is 23.9 Å². The summed E-state index contributed by atoms with van der Waals surface area (Å²) in [5.74, 6) is 2.76. The van der Waals surface area contributed by atoms with Crippen molar-refractivity contribution in [1.29, 1.82) is 0 Å². The van der Waals surface area contributed by atoms with Gasteiger partial charge in [-0.2, -0.15) is 5.10 Å². The number of aryl methyl sites for hydroxylation is 2. The van der Waals surface area contributed by atoms with Crippen molar-refractivity contribution >= 4 is 11.6 Å². The molecule has 1 aromatic heterocycles. The Bertz CT molecular complexity index is 630. The summed E-state index contributed by atoms with van der Waals surface area (Å²) in [4.78, 5) is 15.8. The maximum absolute atomic E-state index is 12.5. The van der Waals surface area contributed by atoms with Crippen LogP contribution in [0.2, 0.25) is 0 Å². The second kappa shape index (κ2) is 5.75. The van der Waals surface area contributed by atoms with Gasteiger partial charge < -0.3 is 4.98 Å². The molecule has 4 bridgehead atoms. The number of carbonyl (C=O) groups excluding carboxylic acids is 1. The lowest BCUT2D eigenvalue weighted by molar-refractivity contribution is -0.129. The van der Waals surface area contributed by atoms with Gasteiger partial charge in [-0.1, -0.05) is 0 Å². The van der Waals surface area contributed by atoms with E-state index in [4.69, 9.17) is 0 Å². The van der Waals surface area contributed by atoms with Gasteiger partial charge in [0.05, 0.1) is 5.71 Å². The van der Waals surface area contributed by atoms with Gasteiger partial charge in [-0.15, -0.1) is 0 Å². The number of aromatic nitrogens is 1. The quantitative estimate of drug-likeness (QED) is 0.635. The van der Waals surface area contributed by atoms with Crippen LogP contribution in [-0.4, -0.2) is 16.6 Å². The van der Waals surface area contributed by atoms with E-state index in [1.54, 1.807) is 0 Å². The monoisotopic (exact) mass is 327 g/mol. The minimum atomic E-state index is 0.0992. The van der Waals surface area contributed by atoms with Gasteiger partial charge in [-0.25, -0.2) is 5.43 Å². The molecule has 0 aromatic carbocycles. The fraction of sp³-hybridized carbons (Fsp3) is 0.700. The molecule has 0 aliphatic heterocycles. The van der Waals surface area contributed by atoms with Gasteiger partial charge in [0.25, 0.3) is 0 Å². The lowest BCUT2D eigenvalue weighted by atomic mass is 9.49. The summed E-state index contributed by atoms with van der Waals surface area (Å²) in [5, 5.41) is 4.38. The van der Waals surface area contributed by atoms with E-state index in [2.05, 4.69) is 22.4 Å². The van der Waals surface area contributed by atoms with Crippen LogP contribution in [0.15, 0.2) is 11.3 Å². The first-order valence-corrected chi connectivity index (χ1v) is 9.42. The molecule has 4 aliphatic carbocycles. The summed E-state index contributed by atoms with van der Waals surface area (Å²) in [6.07, 6.45) is 10.7. The number of hydrazone groups is 1. The van der Waals surface area contributed by atoms with Gasteiger partial charge in [0.15, 0.2) is 0 Å². The lowest BCUT2D eigenvalue weighted by Crippen LogP contribution is -2.47. The van der Waals surface area contributed by atoms with Crippen molar-refractivity contribution in [3.05, 3.63) is 23.0 Å². The predicted molar refractivity (Wildman–Crippen MR) is 95.8 cm³/mol. The van der Waals surface area contributed by atoms with Crippen LogP contribution in [0.4, 0.5) is 0 Å². The van der Waals surface area contributed by atoms with E-state index < -0.39 is 0 Å². The number of hydrogen-bond acceptors (Lipinski definition) is 2. The standard InChI is InChI=1S/C20H29N3O/c1-12-11-21-13(2)19(12)14(3)22-23-18(24)10-20-7-15-4-16(8-20)6-17(5-15)9-20/h11,15-17,21H,4-10H2,1-3H3,(H,23,24)/b22-14+. The number of carbonyl (C=O) groups is 1. The van der Waals surface area contributed by atoms with Gasteiger partial charge in [0.2, 0.25) is 5.91 Å². The zero-order valence-electron chi connectivity index (χ0n) is 15.1. The Morgan fingerprint density at radius 3 is 2.29 bits per heavy atom. The Balaban J connectivity index is 1.41. The number of nitrogens with one attached hydrogen (secondary N) is 2. The zero-order valence-corrected chi connectivity index (χ0v) is 15.1. The normalized spacial score (nSPS) is 34.6. The van der Waals surface area contributed by atoms with Crippen molar-refractivity contribution < 1.29 is 4.79 Å². The number of H-pyrrole nitrogens is 1. The Morgan fingerprint density at radius 2 is 1.79 bits per heavy atom. The largest absolute Gasteiger partial charge is 0.364 e. The molecule has 4 fully saturated rings. The van der Waals surface area contributed by atoms with E-state index in [1.165, 1.54) is 44.1 Å². The third-order valence-electron chi connectivity index (χ3n) is 6.69. The van der Waals surface area contributed by atoms with E-state index >= 15 is 0 Å². The van der Waals surface area contributed by atoms with E-state index in [9.17, 15) is 4.79 Å². The Morgan fingerprint density at radius 1 is 1.21 bits per heavy atom. The van der Waals surface area contributed by atoms with Crippen molar-refractivity contribution in [3.8, 4) is 0 Å². The Labute approximate surface area is 144 Å². The number of aromatic amines is 1. The molecule has 4 aliphatic rings. The molecule has 1 aromatic rings. The number of nitrogens with zero attached hydrogens (tertiary/aromatic N) is 1. The maximum Gasteiger partial charge on any atom is 0.240 e. The Kier molecular flexibility index (Phi) is 3.81. The second-order valence-electron chi connectivity index (χ2n) is 8.80. The van der Waals surface area contributed by atoms with Crippen molar-refractivity contribution in [2.75, 3.05) is 0 Å². The average Bonchev–Trinajstić information content (AvgIpc) is 2.82. The molecule has 1 heterocycles. The molecule has 4 heteroatoms. The van der Waals surface area contributed by atoms with Crippen LogP contribution < -0.4 is 5.43 Å². The molecule has 5 rings (SSSR count). The average molecular weight is 327 g/mol. The SMILES string of the molecule is C/C(=N\NC(=O)CC12CC3CC(CC(C3)C1)C2)c1c(C)c[nH]c1C. The lowest BCUT2D eigenvalue weighted by Gasteiger charge is -2.56. The molecule has 0 atom stereocenters. The molecule has 130 valence electrons. The highest BCUT2D eigenvalue weighted by atomic mass is 16.2. The summed E-state index contributed by atoms with van der Waals surface area (Å²) in [5.41, 5.74) is 7.38. The topological polar surface area (TPSA) is 57.2 Å². The second-order valence-corrected chi connectivity index (χ2v) is 8.80. The highest BCUT2D eigenvalue weighted by Gasteiger charge is 2.51. The summed E-state index contributed by atoms with van der Waals surface area (Å²) >= 11 is 0. The van der Waals surface area contributed by atoms with E-state index in [1.807, 2.05) is 20.0 Å². The summed E-state index contributed by atoms with van der Waals surface area (Å²) in [6, 6.07) is 0. The van der Waals surface area contributed by atoms with Crippen LogP contribution in [0.1, 0.15) is 68.7 Å². The van der Waals surface area contributed by atoms with Crippen molar-refractivity contribution in [1.82, 2.24) is 10.4 Å². The van der Waals surface area contributed by atoms with Gasteiger partial charge >= 0.3 is 0 Å². The smallest absolute Gasteiger partial charge is 0.240 e. The minimum Gasteiger partial charge on any atom is -0.364 e. The molecular weight excluding hydrogens is 298 g/mol. The van der Waals surface area contributed by atoms with Crippen molar-refractivity contribution in [3.63, 3.8) is 0 Å². The van der Waals surface area contributed by atoms with E-state index in [0.717, 1.165) is 34.7 Å². The fourth-order valence-electron chi connectivity index (χ4n) is 6.30. The van der Waals surface area contributed by atoms with Crippen LogP contribution in [-0.2, 0) is 4.79 Å². The molecule has 0 unspecified atom stereocenters. The summed E-state index contributed by atoms with van der Waals surface area (Å²) < 4.78 is 0. The molecular formula is C20H29N3O.